The van der Waals surface area contributed by atoms with E-state index in [0.717, 1.165) is 0 Å². The summed E-state index contributed by atoms with van der Waals surface area (Å²) in [7, 11) is 0. The molecule has 0 saturated heterocycles. The van der Waals surface area contributed by atoms with Gasteiger partial charge in [-0.15, -0.1) is 0 Å². The number of carboxylic acids is 1. The number of nitrogens with zero attached hydrogens (tertiary/aromatic N) is 1. The van der Waals surface area contributed by atoms with Crippen molar-refractivity contribution in [1.29, 1.82) is 5.26 Å². The van der Waals surface area contributed by atoms with Crippen LogP contribution in [0.1, 0.15) is 15.9 Å². The summed E-state index contributed by atoms with van der Waals surface area (Å²) in [6, 6.07) is 16.9. The van der Waals surface area contributed by atoms with Gasteiger partial charge in [-0.3, -0.25) is 4.79 Å². The molecule has 0 saturated carbocycles. The molecule has 0 aliphatic carbocycles. The lowest BCUT2D eigenvalue weighted by molar-refractivity contribution is -0.139. The Labute approximate surface area is 133 Å². The van der Waals surface area contributed by atoms with Gasteiger partial charge in [0.05, 0.1) is 0 Å². The highest BCUT2D eigenvalue weighted by Gasteiger charge is 2.11. The average Bonchev–Trinajstić information content (AvgIpc) is 2.59. The van der Waals surface area contributed by atoms with Crippen LogP contribution in [0.4, 0.5) is 0 Å². The van der Waals surface area contributed by atoms with Crippen molar-refractivity contribution in [3.05, 3.63) is 71.3 Å². The maximum absolute atomic E-state index is 12.2. The summed E-state index contributed by atoms with van der Waals surface area (Å²) < 4.78 is 5.02. The van der Waals surface area contributed by atoms with Gasteiger partial charge in [-0.25, -0.2) is 4.79 Å². The standard InChI is InChI=1S/C18H13NO4/c19-11-15(18(22)14-4-2-1-3-5-14)10-13-6-8-16(9-7-13)23-12-17(20)21/h1-10H,12H2,(H,20,21)/b15-10+. The van der Waals surface area contributed by atoms with Gasteiger partial charge in [-0.1, -0.05) is 42.5 Å². The van der Waals surface area contributed by atoms with Crippen molar-refractivity contribution in [3.8, 4) is 11.8 Å². The Kier molecular flexibility index (Phi) is 5.26. The molecule has 0 radical (unpaired) electrons. The van der Waals surface area contributed by atoms with Gasteiger partial charge in [-0.2, -0.15) is 5.26 Å². The summed E-state index contributed by atoms with van der Waals surface area (Å²) in [4.78, 5) is 22.7. The molecule has 0 fully saturated rings. The first-order valence-corrected chi connectivity index (χ1v) is 6.76. The quantitative estimate of drug-likeness (QED) is 0.503. The third kappa shape index (κ3) is 4.55. The maximum atomic E-state index is 12.2. The van der Waals surface area contributed by atoms with E-state index in [2.05, 4.69) is 0 Å². The molecule has 0 aliphatic heterocycles. The molecule has 5 nitrogen and oxygen atoms in total. The van der Waals surface area contributed by atoms with Gasteiger partial charge in [0.2, 0.25) is 5.78 Å². The Morgan fingerprint density at radius 3 is 2.30 bits per heavy atom. The number of hydrogen-bond donors (Lipinski definition) is 1. The number of benzene rings is 2. The lowest BCUT2D eigenvalue weighted by atomic mass is 10.0. The number of Topliss-reactive ketones (excluding diaryl/α,β-unsaturated/α-hetero) is 1. The number of carbonyl (C=O) groups is 2. The number of aliphatic carboxylic acids is 1. The van der Waals surface area contributed by atoms with Crippen molar-refractivity contribution in [2.24, 2.45) is 0 Å². The minimum absolute atomic E-state index is 0.0235. The summed E-state index contributed by atoms with van der Waals surface area (Å²) in [5.74, 6) is -1.01. The van der Waals surface area contributed by atoms with Gasteiger partial charge in [0.25, 0.3) is 0 Å². The second-order valence-electron chi connectivity index (χ2n) is 4.62. The molecule has 2 aromatic carbocycles. The van der Waals surface area contributed by atoms with Crippen LogP contribution >= 0.6 is 0 Å². The van der Waals surface area contributed by atoms with Crippen molar-refractivity contribution in [1.82, 2.24) is 0 Å². The van der Waals surface area contributed by atoms with E-state index in [1.807, 2.05) is 6.07 Å². The Morgan fingerprint density at radius 2 is 1.74 bits per heavy atom. The number of allylic oxidation sites excluding steroid dienone is 1. The maximum Gasteiger partial charge on any atom is 0.341 e. The molecule has 2 rings (SSSR count). The minimum atomic E-state index is -1.06. The topological polar surface area (TPSA) is 87.4 Å². The van der Waals surface area contributed by atoms with E-state index in [9.17, 15) is 14.9 Å². The number of nitriles is 1. The second-order valence-corrected chi connectivity index (χ2v) is 4.62. The minimum Gasteiger partial charge on any atom is -0.482 e. The molecule has 0 heterocycles. The van der Waals surface area contributed by atoms with Gasteiger partial charge in [0.1, 0.15) is 17.4 Å². The van der Waals surface area contributed by atoms with E-state index in [4.69, 9.17) is 9.84 Å². The van der Waals surface area contributed by atoms with Gasteiger partial charge in [-0.05, 0) is 23.8 Å². The van der Waals surface area contributed by atoms with Crippen molar-refractivity contribution < 1.29 is 19.4 Å². The van der Waals surface area contributed by atoms with E-state index in [-0.39, 0.29) is 11.4 Å². The third-order valence-corrected chi connectivity index (χ3v) is 2.95. The summed E-state index contributed by atoms with van der Waals surface area (Å²) in [5, 5.41) is 17.7. The Hall–Kier alpha value is -3.39. The Bertz CT molecular complexity index is 771. The zero-order chi connectivity index (χ0) is 16.7. The van der Waals surface area contributed by atoms with Gasteiger partial charge >= 0.3 is 5.97 Å². The molecular formula is C18H13NO4. The largest absolute Gasteiger partial charge is 0.482 e. The third-order valence-electron chi connectivity index (χ3n) is 2.95. The van der Waals surface area contributed by atoms with Crippen molar-refractivity contribution in [3.63, 3.8) is 0 Å². The van der Waals surface area contributed by atoms with Crippen LogP contribution in [-0.4, -0.2) is 23.5 Å². The smallest absolute Gasteiger partial charge is 0.341 e. The fourth-order valence-electron chi connectivity index (χ4n) is 1.87. The number of carboxylic acid groups (broad SMARTS) is 1. The van der Waals surface area contributed by atoms with Crippen LogP contribution in [0.15, 0.2) is 60.2 Å². The lowest BCUT2D eigenvalue weighted by Crippen LogP contribution is -2.09. The fourth-order valence-corrected chi connectivity index (χ4v) is 1.87. The zero-order valence-corrected chi connectivity index (χ0v) is 12.1. The molecule has 114 valence electrons. The summed E-state index contributed by atoms with van der Waals surface area (Å²) in [6.45, 7) is -0.425. The van der Waals surface area contributed by atoms with Crippen molar-refractivity contribution >= 4 is 17.8 Å². The zero-order valence-electron chi connectivity index (χ0n) is 12.1. The van der Waals surface area contributed by atoms with Crippen LogP contribution in [-0.2, 0) is 4.79 Å². The first-order chi connectivity index (χ1) is 11.1. The van der Waals surface area contributed by atoms with E-state index < -0.39 is 12.6 Å². The van der Waals surface area contributed by atoms with Crippen molar-refractivity contribution in [2.75, 3.05) is 6.61 Å². The van der Waals surface area contributed by atoms with Gasteiger partial charge in [0, 0.05) is 5.56 Å². The second kappa shape index (κ2) is 7.57. The van der Waals surface area contributed by atoms with E-state index >= 15 is 0 Å². The molecule has 5 heteroatoms. The summed E-state index contributed by atoms with van der Waals surface area (Å²) in [5.41, 5.74) is 1.12. The Morgan fingerprint density at radius 1 is 1.09 bits per heavy atom. The molecule has 0 atom stereocenters. The number of ketones is 1. The Balaban J connectivity index is 2.17. The monoisotopic (exact) mass is 307 g/mol. The molecule has 23 heavy (non-hydrogen) atoms. The van der Waals surface area contributed by atoms with Crippen LogP contribution < -0.4 is 4.74 Å². The molecule has 0 spiro atoms. The number of carbonyl (C=O) groups excluding carboxylic acids is 1. The van der Waals surface area contributed by atoms with Crippen LogP contribution in [0.25, 0.3) is 6.08 Å². The van der Waals surface area contributed by atoms with Crippen LogP contribution in [0.2, 0.25) is 0 Å². The van der Waals surface area contributed by atoms with Crippen LogP contribution in [0.3, 0.4) is 0 Å². The predicted octanol–water partition coefficient (Wildman–Crippen LogP) is 2.94. The fraction of sp³-hybridized carbons (Fsp3) is 0.0556. The SMILES string of the molecule is N#C/C(=C\c1ccc(OCC(=O)O)cc1)C(=O)c1ccccc1. The number of hydrogen-bond acceptors (Lipinski definition) is 4. The van der Waals surface area contributed by atoms with E-state index in [0.29, 0.717) is 16.9 Å². The first kappa shape index (κ1) is 16.0. The van der Waals surface area contributed by atoms with Crippen LogP contribution in [0.5, 0.6) is 5.75 Å². The highest BCUT2D eigenvalue weighted by Crippen LogP contribution is 2.16. The molecular weight excluding hydrogens is 294 g/mol. The predicted molar refractivity (Wildman–Crippen MR) is 83.9 cm³/mol. The van der Waals surface area contributed by atoms with Gasteiger partial charge < -0.3 is 9.84 Å². The molecule has 1 N–H and O–H groups in total. The normalized spacial score (nSPS) is 10.7. The first-order valence-electron chi connectivity index (χ1n) is 6.76. The van der Waals surface area contributed by atoms with Crippen molar-refractivity contribution in [2.45, 2.75) is 0 Å². The summed E-state index contributed by atoms with van der Waals surface area (Å²) in [6.07, 6.45) is 1.48. The highest BCUT2D eigenvalue weighted by molar-refractivity contribution is 6.14. The molecule has 0 aliphatic rings. The lowest BCUT2D eigenvalue weighted by Gasteiger charge is -2.03. The number of ether oxygens (including phenoxy) is 1. The summed E-state index contributed by atoms with van der Waals surface area (Å²) >= 11 is 0. The molecule has 0 amide bonds. The van der Waals surface area contributed by atoms with E-state index in [1.54, 1.807) is 54.6 Å². The number of rotatable bonds is 6. The molecule has 0 unspecified atom stereocenters. The van der Waals surface area contributed by atoms with Gasteiger partial charge in [0.15, 0.2) is 6.61 Å². The van der Waals surface area contributed by atoms with E-state index in [1.165, 1.54) is 6.08 Å². The average molecular weight is 307 g/mol. The highest BCUT2D eigenvalue weighted by atomic mass is 16.5. The molecule has 0 aromatic heterocycles. The molecule has 2 aromatic rings. The van der Waals surface area contributed by atoms with Crippen LogP contribution in [0, 0.1) is 11.3 Å². The molecule has 0 bridgehead atoms.